The van der Waals surface area contributed by atoms with E-state index in [0.29, 0.717) is 6.04 Å². The molecule has 0 fully saturated rings. The molecule has 1 heteroatoms. The van der Waals surface area contributed by atoms with Crippen molar-refractivity contribution in [3.63, 3.8) is 0 Å². The van der Waals surface area contributed by atoms with E-state index in [1.54, 1.807) is 0 Å². The lowest BCUT2D eigenvalue weighted by Crippen LogP contribution is -2.31. The second kappa shape index (κ2) is 8.28. The van der Waals surface area contributed by atoms with Crippen molar-refractivity contribution >= 4 is 0 Å². The van der Waals surface area contributed by atoms with E-state index in [1.807, 2.05) is 0 Å². The van der Waals surface area contributed by atoms with Crippen LogP contribution in [0, 0.1) is 11.8 Å². The zero-order valence-corrected chi connectivity index (χ0v) is 10.6. The van der Waals surface area contributed by atoms with Crippen LogP contribution in [-0.2, 0) is 0 Å². The van der Waals surface area contributed by atoms with Crippen LogP contribution in [0.1, 0.15) is 66.2 Å². The molecule has 0 saturated heterocycles. The van der Waals surface area contributed by atoms with Gasteiger partial charge < -0.3 is 5.73 Å². The van der Waals surface area contributed by atoms with Crippen LogP contribution in [0.4, 0.5) is 0 Å². The number of rotatable bonds is 8. The van der Waals surface area contributed by atoms with Crippen molar-refractivity contribution in [1.82, 2.24) is 0 Å². The fourth-order valence-corrected chi connectivity index (χ4v) is 2.01. The van der Waals surface area contributed by atoms with Crippen LogP contribution in [0.25, 0.3) is 0 Å². The minimum Gasteiger partial charge on any atom is -0.327 e. The van der Waals surface area contributed by atoms with Crippen molar-refractivity contribution in [3.8, 4) is 0 Å². The Hall–Kier alpha value is -0.0400. The molecule has 0 aromatic heterocycles. The van der Waals surface area contributed by atoms with Crippen LogP contribution in [0.2, 0.25) is 0 Å². The predicted molar refractivity (Wildman–Crippen MR) is 65.4 cm³/mol. The molecule has 0 aliphatic carbocycles. The molecule has 0 heterocycles. The minimum absolute atomic E-state index is 0.432. The molecule has 0 rings (SSSR count). The lowest BCUT2D eigenvalue weighted by atomic mass is 9.86. The number of hydrogen-bond acceptors (Lipinski definition) is 1. The van der Waals surface area contributed by atoms with Crippen molar-refractivity contribution in [2.24, 2.45) is 17.6 Å². The third kappa shape index (κ3) is 5.64. The molecule has 0 aromatic rings. The lowest BCUT2D eigenvalue weighted by Gasteiger charge is -2.24. The van der Waals surface area contributed by atoms with Gasteiger partial charge in [-0.3, -0.25) is 0 Å². The van der Waals surface area contributed by atoms with E-state index in [-0.39, 0.29) is 0 Å². The molecule has 86 valence electrons. The molecule has 0 aliphatic rings. The molecule has 3 atom stereocenters. The van der Waals surface area contributed by atoms with Gasteiger partial charge in [0, 0.05) is 6.04 Å². The Morgan fingerprint density at radius 2 is 1.71 bits per heavy atom. The first-order chi connectivity index (χ1) is 6.65. The summed E-state index contributed by atoms with van der Waals surface area (Å²) in [4.78, 5) is 0. The summed E-state index contributed by atoms with van der Waals surface area (Å²) < 4.78 is 0. The topological polar surface area (TPSA) is 26.0 Å². The molecule has 0 bridgehead atoms. The van der Waals surface area contributed by atoms with Gasteiger partial charge in [-0.15, -0.1) is 0 Å². The Balaban J connectivity index is 3.83. The van der Waals surface area contributed by atoms with E-state index < -0.39 is 0 Å². The van der Waals surface area contributed by atoms with Gasteiger partial charge in [0.15, 0.2) is 0 Å². The Morgan fingerprint density at radius 3 is 2.14 bits per heavy atom. The van der Waals surface area contributed by atoms with Crippen molar-refractivity contribution in [2.45, 2.75) is 72.3 Å². The summed E-state index contributed by atoms with van der Waals surface area (Å²) in [5, 5.41) is 0. The summed E-state index contributed by atoms with van der Waals surface area (Å²) in [6, 6.07) is 0.432. The minimum atomic E-state index is 0.432. The third-order valence-electron chi connectivity index (χ3n) is 3.43. The standard InChI is InChI=1S/C13H29N/c1-5-8-9-12(7-3)13(14)10-11(4)6-2/h11-13H,5-10,14H2,1-4H3. The summed E-state index contributed by atoms with van der Waals surface area (Å²) >= 11 is 0. The van der Waals surface area contributed by atoms with E-state index in [2.05, 4.69) is 27.7 Å². The summed E-state index contributed by atoms with van der Waals surface area (Å²) in [7, 11) is 0. The molecule has 14 heavy (non-hydrogen) atoms. The second-order valence-electron chi connectivity index (χ2n) is 4.72. The molecule has 1 nitrogen and oxygen atoms in total. The van der Waals surface area contributed by atoms with Gasteiger partial charge in [0.1, 0.15) is 0 Å². The van der Waals surface area contributed by atoms with Crippen LogP contribution in [0.15, 0.2) is 0 Å². The van der Waals surface area contributed by atoms with Crippen molar-refractivity contribution in [3.05, 3.63) is 0 Å². The molecular weight excluding hydrogens is 170 g/mol. The molecule has 0 amide bonds. The van der Waals surface area contributed by atoms with E-state index >= 15 is 0 Å². The van der Waals surface area contributed by atoms with Gasteiger partial charge in [-0.1, -0.05) is 53.4 Å². The van der Waals surface area contributed by atoms with Crippen molar-refractivity contribution < 1.29 is 0 Å². The van der Waals surface area contributed by atoms with E-state index in [4.69, 9.17) is 5.73 Å². The molecule has 3 unspecified atom stereocenters. The lowest BCUT2D eigenvalue weighted by molar-refractivity contribution is 0.317. The smallest absolute Gasteiger partial charge is 0.00695 e. The maximum Gasteiger partial charge on any atom is 0.00695 e. The highest BCUT2D eigenvalue weighted by Gasteiger charge is 2.17. The van der Waals surface area contributed by atoms with Gasteiger partial charge in [-0.25, -0.2) is 0 Å². The first-order valence-corrected chi connectivity index (χ1v) is 6.41. The van der Waals surface area contributed by atoms with Gasteiger partial charge in [-0.2, -0.15) is 0 Å². The molecule has 2 N–H and O–H groups in total. The average molecular weight is 199 g/mol. The third-order valence-corrected chi connectivity index (χ3v) is 3.43. The van der Waals surface area contributed by atoms with Gasteiger partial charge in [0.25, 0.3) is 0 Å². The van der Waals surface area contributed by atoms with E-state index in [9.17, 15) is 0 Å². The Morgan fingerprint density at radius 1 is 1.07 bits per heavy atom. The van der Waals surface area contributed by atoms with Crippen LogP contribution < -0.4 is 5.73 Å². The summed E-state index contributed by atoms with van der Waals surface area (Å²) in [5.74, 6) is 1.55. The van der Waals surface area contributed by atoms with Gasteiger partial charge in [0.05, 0.1) is 0 Å². The summed E-state index contributed by atoms with van der Waals surface area (Å²) in [5.41, 5.74) is 6.25. The zero-order valence-electron chi connectivity index (χ0n) is 10.6. The first-order valence-electron chi connectivity index (χ1n) is 6.41. The molecule has 0 spiro atoms. The predicted octanol–water partition coefficient (Wildman–Crippen LogP) is 3.97. The quantitative estimate of drug-likeness (QED) is 0.629. The fraction of sp³-hybridized carbons (Fsp3) is 1.00. The highest BCUT2D eigenvalue weighted by Crippen LogP contribution is 2.21. The Labute approximate surface area is 90.5 Å². The maximum absolute atomic E-state index is 6.25. The van der Waals surface area contributed by atoms with E-state index in [0.717, 1.165) is 11.8 Å². The van der Waals surface area contributed by atoms with Crippen molar-refractivity contribution in [1.29, 1.82) is 0 Å². The number of hydrogen-bond donors (Lipinski definition) is 1. The van der Waals surface area contributed by atoms with Crippen LogP contribution in [0.5, 0.6) is 0 Å². The molecule has 0 aliphatic heterocycles. The molecule has 0 aromatic carbocycles. The summed E-state index contributed by atoms with van der Waals surface area (Å²) in [6.07, 6.45) is 7.68. The van der Waals surface area contributed by atoms with Crippen LogP contribution >= 0.6 is 0 Å². The fourth-order valence-electron chi connectivity index (χ4n) is 2.01. The molecule has 0 radical (unpaired) electrons. The molecular formula is C13H29N. The van der Waals surface area contributed by atoms with Gasteiger partial charge >= 0.3 is 0 Å². The first kappa shape index (κ1) is 14.0. The number of unbranched alkanes of at least 4 members (excludes halogenated alkanes) is 1. The zero-order chi connectivity index (χ0) is 11.0. The second-order valence-corrected chi connectivity index (χ2v) is 4.72. The normalized spacial score (nSPS) is 17.8. The highest BCUT2D eigenvalue weighted by molar-refractivity contribution is 4.73. The van der Waals surface area contributed by atoms with Gasteiger partial charge in [0.2, 0.25) is 0 Å². The largest absolute Gasteiger partial charge is 0.327 e. The highest BCUT2D eigenvalue weighted by atomic mass is 14.6. The molecule has 0 saturated carbocycles. The Kier molecular flexibility index (Phi) is 8.26. The number of nitrogens with two attached hydrogens (primary N) is 1. The van der Waals surface area contributed by atoms with Gasteiger partial charge in [-0.05, 0) is 24.7 Å². The maximum atomic E-state index is 6.25. The summed E-state index contributed by atoms with van der Waals surface area (Å²) in [6.45, 7) is 9.10. The van der Waals surface area contributed by atoms with Crippen LogP contribution in [0.3, 0.4) is 0 Å². The Bertz CT molecular complexity index is 122. The average Bonchev–Trinajstić information content (AvgIpc) is 2.18. The SMILES string of the molecule is CCCCC(CC)C(N)CC(C)CC. The van der Waals surface area contributed by atoms with E-state index in [1.165, 1.54) is 38.5 Å². The monoisotopic (exact) mass is 199 g/mol. The van der Waals surface area contributed by atoms with Crippen LogP contribution in [-0.4, -0.2) is 6.04 Å². The van der Waals surface area contributed by atoms with Crippen molar-refractivity contribution in [2.75, 3.05) is 0 Å².